The summed E-state index contributed by atoms with van der Waals surface area (Å²) in [5, 5.41) is 16.6. The number of carbonyl (C=O) groups is 1. The monoisotopic (exact) mass is 407 g/mol. The first kappa shape index (κ1) is 18.9. The minimum Gasteiger partial charge on any atom is -0.449 e. The lowest BCUT2D eigenvalue weighted by atomic mass is 10.1. The van der Waals surface area contributed by atoms with Gasteiger partial charge in [-0.1, -0.05) is 41.4 Å². The molecule has 0 bridgehead atoms. The summed E-state index contributed by atoms with van der Waals surface area (Å²) in [5.74, 6) is 0.527. The second-order valence-corrected chi connectivity index (χ2v) is 6.55. The largest absolute Gasteiger partial charge is 0.512 e. The topological polar surface area (TPSA) is 102 Å². The first-order valence-electron chi connectivity index (χ1n) is 7.91. The molecule has 2 aromatic heterocycles. The standard InChI is InChI=1S/C17H15Cl2N5O3/c1-9(2)20-15-13(10-5-3-4-6-11(10)18)14(19)21-16(22-15)24-8-7-12(23-24)27-17(25)26/h3-9H,1-2H3,(H,25,26)(H,20,21,22). The quantitative estimate of drug-likeness (QED) is 0.473. The molecule has 0 aliphatic carbocycles. The molecule has 0 saturated carbocycles. The van der Waals surface area contributed by atoms with Crippen molar-refractivity contribution in [3.63, 3.8) is 0 Å². The van der Waals surface area contributed by atoms with Gasteiger partial charge in [-0.2, -0.15) is 9.97 Å². The van der Waals surface area contributed by atoms with Gasteiger partial charge in [0.1, 0.15) is 11.0 Å². The van der Waals surface area contributed by atoms with Gasteiger partial charge in [0.2, 0.25) is 5.88 Å². The smallest absolute Gasteiger partial charge is 0.449 e. The Kier molecular flexibility index (Phi) is 5.48. The van der Waals surface area contributed by atoms with Crippen LogP contribution in [0.5, 0.6) is 5.88 Å². The zero-order chi connectivity index (χ0) is 19.6. The first-order valence-corrected chi connectivity index (χ1v) is 8.66. The molecule has 1 aromatic carbocycles. The minimum absolute atomic E-state index is 0.0635. The molecule has 0 radical (unpaired) electrons. The highest BCUT2D eigenvalue weighted by Crippen LogP contribution is 2.37. The van der Waals surface area contributed by atoms with Crippen LogP contribution in [-0.4, -0.2) is 37.1 Å². The molecule has 0 atom stereocenters. The Bertz CT molecular complexity index is 990. The number of aromatic nitrogens is 4. The summed E-state index contributed by atoms with van der Waals surface area (Å²) in [5.41, 5.74) is 1.25. The Morgan fingerprint density at radius 2 is 1.96 bits per heavy atom. The zero-order valence-electron chi connectivity index (χ0n) is 14.3. The number of benzene rings is 1. The summed E-state index contributed by atoms with van der Waals surface area (Å²) in [6, 6.07) is 8.68. The molecule has 27 heavy (non-hydrogen) atoms. The third kappa shape index (κ3) is 4.29. The summed E-state index contributed by atoms with van der Waals surface area (Å²) in [6.45, 7) is 3.91. The molecule has 10 heteroatoms. The van der Waals surface area contributed by atoms with Crippen molar-refractivity contribution >= 4 is 35.2 Å². The van der Waals surface area contributed by atoms with Gasteiger partial charge in [0, 0.05) is 28.9 Å². The van der Waals surface area contributed by atoms with E-state index in [0.29, 0.717) is 22.0 Å². The van der Waals surface area contributed by atoms with E-state index in [1.54, 1.807) is 6.07 Å². The summed E-state index contributed by atoms with van der Waals surface area (Å²) >= 11 is 12.8. The molecule has 0 unspecified atom stereocenters. The predicted octanol–water partition coefficient (Wildman–Crippen LogP) is 4.51. The molecule has 0 spiro atoms. The molecular weight excluding hydrogens is 393 g/mol. The SMILES string of the molecule is CC(C)Nc1nc(-n2ccc(OC(=O)O)n2)nc(Cl)c1-c1ccccc1Cl. The molecule has 2 heterocycles. The molecule has 0 fully saturated rings. The Morgan fingerprint density at radius 1 is 1.22 bits per heavy atom. The van der Waals surface area contributed by atoms with Gasteiger partial charge in [-0.05, 0) is 19.9 Å². The number of carboxylic acid groups (broad SMARTS) is 1. The number of hydrogen-bond acceptors (Lipinski definition) is 6. The van der Waals surface area contributed by atoms with Gasteiger partial charge >= 0.3 is 6.16 Å². The molecule has 3 rings (SSSR count). The summed E-state index contributed by atoms with van der Waals surface area (Å²) in [6.07, 6.45) is 0.00793. The molecule has 140 valence electrons. The number of nitrogens with one attached hydrogen (secondary N) is 1. The second-order valence-electron chi connectivity index (χ2n) is 5.78. The van der Waals surface area contributed by atoms with Crippen molar-refractivity contribution in [2.24, 2.45) is 0 Å². The lowest BCUT2D eigenvalue weighted by Gasteiger charge is -2.16. The minimum atomic E-state index is -1.46. The Labute approximate surface area is 164 Å². The van der Waals surface area contributed by atoms with E-state index < -0.39 is 6.16 Å². The summed E-state index contributed by atoms with van der Waals surface area (Å²) in [4.78, 5) is 19.4. The fourth-order valence-electron chi connectivity index (χ4n) is 2.37. The van der Waals surface area contributed by atoms with Crippen molar-refractivity contribution in [2.45, 2.75) is 19.9 Å². The second kappa shape index (κ2) is 7.81. The number of ether oxygens (including phenoxy) is 1. The molecule has 0 aliphatic rings. The molecule has 2 N–H and O–H groups in total. The van der Waals surface area contributed by atoms with Crippen molar-refractivity contribution in [3.05, 3.63) is 46.7 Å². The van der Waals surface area contributed by atoms with Crippen LogP contribution < -0.4 is 10.1 Å². The number of rotatable bonds is 5. The van der Waals surface area contributed by atoms with Crippen LogP contribution in [0.3, 0.4) is 0 Å². The molecule has 0 saturated heterocycles. The van der Waals surface area contributed by atoms with E-state index in [-0.39, 0.29) is 23.0 Å². The highest BCUT2D eigenvalue weighted by molar-refractivity contribution is 6.36. The van der Waals surface area contributed by atoms with Crippen LogP contribution in [0.2, 0.25) is 10.2 Å². The lowest BCUT2D eigenvalue weighted by Crippen LogP contribution is -2.15. The number of hydrogen-bond donors (Lipinski definition) is 2. The van der Waals surface area contributed by atoms with Gasteiger partial charge in [-0.25, -0.2) is 9.48 Å². The fraction of sp³-hybridized carbons (Fsp3) is 0.176. The molecule has 0 amide bonds. The van der Waals surface area contributed by atoms with Gasteiger partial charge in [-0.15, -0.1) is 5.10 Å². The van der Waals surface area contributed by atoms with E-state index in [9.17, 15) is 4.79 Å². The van der Waals surface area contributed by atoms with Crippen LogP contribution in [0.15, 0.2) is 36.5 Å². The van der Waals surface area contributed by atoms with Crippen LogP contribution >= 0.6 is 23.2 Å². The van der Waals surface area contributed by atoms with Crippen LogP contribution in [-0.2, 0) is 0 Å². The predicted molar refractivity (Wildman–Crippen MR) is 102 cm³/mol. The van der Waals surface area contributed by atoms with Crippen molar-refractivity contribution in [2.75, 3.05) is 5.32 Å². The van der Waals surface area contributed by atoms with E-state index in [1.807, 2.05) is 32.0 Å². The van der Waals surface area contributed by atoms with E-state index in [0.717, 1.165) is 0 Å². The number of nitrogens with zero attached hydrogens (tertiary/aromatic N) is 4. The highest BCUT2D eigenvalue weighted by atomic mass is 35.5. The normalized spacial score (nSPS) is 10.9. The van der Waals surface area contributed by atoms with Crippen LogP contribution in [0.25, 0.3) is 17.1 Å². The summed E-state index contributed by atoms with van der Waals surface area (Å²) < 4.78 is 5.78. The van der Waals surface area contributed by atoms with Gasteiger partial charge < -0.3 is 15.2 Å². The average molecular weight is 408 g/mol. The maximum absolute atomic E-state index is 10.6. The van der Waals surface area contributed by atoms with Crippen LogP contribution in [0.4, 0.5) is 10.6 Å². The van der Waals surface area contributed by atoms with Crippen LogP contribution in [0, 0.1) is 0 Å². The zero-order valence-corrected chi connectivity index (χ0v) is 15.9. The molecular formula is C17H15Cl2N5O3. The van der Waals surface area contributed by atoms with Gasteiger partial charge in [-0.3, -0.25) is 0 Å². The van der Waals surface area contributed by atoms with Crippen LogP contribution in [0.1, 0.15) is 13.8 Å². The molecule has 0 aliphatic heterocycles. The Hall–Kier alpha value is -2.84. The number of anilines is 1. The maximum Gasteiger partial charge on any atom is 0.512 e. The Morgan fingerprint density at radius 3 is 2.63 bits per heavy atom. The molecule has 3 aromatic rings. The maximum atomic E-state index is 10.6. The average Bonchev–Trinajstić information content (AvgIpc) is 3.03. The Balaban J connectivity index is 2.11. The van der Waals surface area contributed by atoms with E-state index in [4.69, 9.17) is 28.3 Å². The van der Waals surface area contributed by atoms with Gasteiger partial charge in [0.15, 0.2) is 0 Å². The lowest BCUT2D eigenvalue weighted by molar-refractivity contribution is 0.142. The highest BCUT2D eigenvalue weighted by Gasteiger charge is 2.19. The van der Waals surface area contributed by atoms with Gasteiger partial charge in [0.25, 0.3) is 5.95 Å². The summed E-state index contributed by atoms with van der Waals surface area (Å²) in [7, 11) is 0. The third-order valence-electron chi connectivity index (χ3n) is 3.38. The molecule has 8 nitrogen and oxygen atoms in total. The van der Waals surface area contributed by atoms with Crippen molar-refractivity contribution in [1.29, 1.82) is 0 Å². The van der Waals surface area contributed by atoms with Crippen molar-refractivity contribution in [1.82, 2.24) is 19.7 Å². The van der Waals surface area contributed by atoms with E-state index in [2.05, 4.69) is 25.1 Å². The van der Waals surface area contributed by atoms with Gasteiger partial charge in [0.05, 0.1) is 5.56 Å². The van der Waals surface area contributed by atoms with E-state index >= 15 is 0 Å². The first-order chi connectivity index (χ1) is 12.8. The van der Waals surface area contributed by atoms with Crippen molar-refractivity contribution < 1.29 is 14.6 Å². The third-order valence-corrected chi connectivity index (χ3v) is 3.99. The fourth-order valence-corrected chi connectivity index (χ4v) is 2.86. The van der Waals surface area contributed by atoms with E-state index in [1.165, 1.54) is 16.9 Å². The van der Waals surface area contributed by atoms with Crippen molar-refractivity contribution in [3.8, 4) is 23.0 Å². The number of halogens is 2.